The quantitative estimate of drug-likeness (QED) is 0.594. The summed E-state index contributed by atoms with van der Waals surface area (Å²) < 4.78 is 0. The van der Waals surface area contributed by atoms with Crippen molar-refractivity contribution in [1.82, 2.24) is 15.0 Å². The molecule has 1 aromatic carbocycles. The van der Waals surface area contributed by atoms with Crippen molar-refractivity contribution in [3.8, 4) is 5.75 Å². The molecule has 0 aliphatic heterocycles. The minimum Gasteiger partial charge on any atom is -0.505 e. The normalized spacial score (nSPS) is 12.0. The zero-order chi connectivity index (χ0) is 17.1. The van der Waals surface area contributed by atoms with Gasteiger partial charge in [-0.05, 0) is 30.3 Å². The predicted octanol–water partition coefficient (Wildman–Crippen LogP) is 3.93. The molecular formula is C20H16N4O. The van der Waals surface area contributed by atoms with Crippen molar-refractivity contribution in [1.29, 1.82) is 0 Å². The molecule has 0 unspecified atom stereocenters. The molecule has 122 valence electrons. The highest BCUT2D eigenvalue weighted by molar-refractivity contribution is 5.85. The van der Waals surface area contributed by atoms with Crippen LogP contribution >= 0.6 is 0 Å². The highest BCUT2D eigenvalue weighted by atomic mass is 16.3. The largest absolute Gasteiger partial charge is 0.505 e. The Morgan fingerprint density at radius 3 is 2.32 bits per heavy atom. The molecule has 0 aliphatic rings. The van der Waals surface area contributed by atoms with Crippen LogP contribution in [0.2, 0.25) is 0 Å². The van der Waals surface area contributed by atoms with Gasteiger partial charge in [-0.25, -0.2) is 4.98 Å². The maximum atomic E-state index is 10.8. The SMILES string of the molecule is Oc1c([C@H](Nc2ccccn2)c2ccccn2)ccc2cccnc12. The van der Waals surface area contributed by atoms with Crippen LogP contribution in [0, 0.1) is 0 Å². The molecule has 3 aromatic heterocycles. The van der Waals surface area contributed by atoms with Gasteiger partial charge in [0.1, 0.15) is 17.1 Å². The Labute approximate surface area is 145 Å². The lowest BCUT2D eigenvalue weighted by atomic mass is 9.99. The molecule has 0 radical (unpaired) electrons. The summed E-state index contributed by atoms with van der Waals surface area (Å²) in [6, 6.07) is 18.6. The second-order valence-corrected chi connectivity index (χ2v) is 5.63. The van der Waals surface area contributed by atoms with E-state index in [-0.39, 0.29) is 11.8 Å². The van der Waals surface area contributed by atoms with Crippen molar-refractivity contribution >= 4 is 16.7 Å². The number of anilines is 1. The van der Waals surface area contributed by atoms with Crippen LogP contribution in [0.1, 0.15) is 17.3 Å². The molecule has 0 aliphatic carbocycles. The average Bonchev–Trinajstić information content (AvgIpc) is 2.69. The molecular weight excluding hydrogens is 312 g/mol. The van der Waals surface area contributed by atoms with Gasteiger partial charge in [0.25, 0.3) is 0 Å². The Morgan fingerprint density at radius 1 is 0.760 bits per heavy atom. The zero-order valence-electron chi connectivity index (χ0n) is 13.4. The third-order valence-corrected chi connectivity index (χ3v) is 4.03. The highest BCUT2D eigenvalue weighted by Crippen LogP contribution is 2.35. The van der Waals surface area contributed by atoms with E-state index in [1.807, 2.05) is 60.7 Å². The van der Waals surface area contributed by atoms with Crippen molar-refractivity contribution in [3.05, 3.63) is 90.5 Å². The van der Waals surface area contributed by atoms with Gasteiger partial charge >= 0.3 is 0 Å². The molecule has 0 saturated carbocycles. The number of benzene rings is 1. The van der Waals surface area contributed by atoms with Crippen LogP contribution < -0.4 is 5.32 Å². The number of aromatic nitrogens is 3. The number of hydrogen-bond acceptors (Lipinski definition) is 5. The van der Waals surface area contributed by atoms with Crippen molar-refractivity contribution < 1.29 is 5.11 Å². The Kier molecular flexibility index (Phi) is 3.96. The number of aromatic hydroxyl groups is 1. The number of phenolic OH excluding ortho intramolecular Hbond substituents is 1. The number of hydrogen-bond donors (Lipinski definition) is 2. The van der Waals surface area contributed by atoms with Crippen LogP contribution in [0.15, 0.2) is 79.3 Å². The first-order chi connectivity index (χ1) is 12.3. The lowest BCUT2D eigenvalue weighted by molar-refractivity contribution is 0.471. The summed E-state index contributed by atoms with van der Waals surface area (Å²) in [4.78, 5) is 13.1. The van der Waals surface area contributed by atoms with Crippen LogP contribution in [0.4, 0.5) is 5.82 Å². The summed E-state index contributed by atoms with van der Waals surface area (Å²) in [5.74, 6) is 0.857. The summed E-state index contributed by atoms with van der Waals surface area (Å²) in [5, 5.41) is 15.1. The van der Waals surface area contributed by atoms with Crippen LogP contribution in [-0.2, 0) is 0 Å². The number of pyridine rings is 3. The number of fused-ring (bicyclic) bond motifs is 1. The van der Waals surface area contributed by atoms with Gasteiger partial charge in [-0.15, -0.1) is 0 Å². The van der Waals surface area contributed by atoms with Crippen molar-refractivity contribution in [3.63, 3.8) is 0 Å². The Bertz CT molecular complexity index is 990. The van der Waals surface area contributed by atoms with Crippen molar-refractivity contribution in [2.75, 3.05) is 5.32 Å². The monoisotopic (exact) mass is 328 g/mol. The number of phenols is 1. The summed E-state index contributed by atoms with van der Waals surface area (Å²) in [7, 11) is 0. The van der Waals surface area contributed by atoms with Gasteiger partial charge in [0, 0.05) is 29.5 Å². The van der Waals surface area contributed by atoms with E-state index < -0.39 is 0 Å². The summed E-state index contributed by atoms with van der Waals surface area (Å²) in [5.41, 5.74) is 2.07. The molecule has 4 rings (SSSR count). The number of nitrogens with one attached hydrogen (secondary N) is 1. The Morgan fingerprint density at radius 2 is 1.56 bits per heavy atom. The van der Waals surface area contributed by atoms with E-state index >= 15 is 0 Å². The number of rotatable bonds is 4. The van der Waals surface area contributed by atoms with E-state index in [2.05, 4.69) is 20.3 Å². The second-order valence-electron chi connectivity index (χ2n) is 5.63. The van der Waals surface area contributed by atoms with Crippen LogP contribution in [0.5, 0.6) is 5.75 Å². The molecule has 25 heavy (non-hydrogen) atoms. The second kappa shape index (κ2) is 6.57. The van der Waals surface area contributed by atoms with Crippen LogP contribution in [-0.4, -0.2) is 20.1 Å². The van der Waals surface area contributed by atoms with Gasteiger partial charge < -0.3 is 10.4 Å². The van der Waals surface area contributed by atoms with Gasteiger partial charge in [0.2, 0.25) is 0 Å². The molecule has 5 heteroatoms. The van der Waals surface area contributed by atoms with Gasteiger partial charge in [0.15, 0.2) is 0 Å². The van der Waals surface area contributed by atoms with E-state index in [1.165, 1.54) is 0 Å². The number of nitrogens with zero attached hydrogens (tertiary/aromatic N) is 3. The Hall–Kier alpha value is -3.47. The van der Waals surface area contributed by atoms with E-state index in [0.29, 0.717) is 16.9 Å². The smallest absolute Gasteiger partial charge is 0.147 e. The highest BCUT2D eigenvalue weighted by Gasteiger charge is 2.21. The van der Waals surface area contributed by atoms with Crippen LogP contribution in [0.3, 0.4) is 0 Å². The Balaban J connectivity index is 1.85. The fourth-order valence-electron chi connectivity index (χ4n) is 2.83. The maximum Gasteiger partial charge on any atom is 0.147 e. The molecule has 0 spiro atoms. The first kappa shape index (κ1) is 15.1. The van der Waals surface area contributed by atoms with Gasteiger partial charge in [-0.1, -0.05) is 30.3 Å². The third kappa shape index (κ3) is 2.99. The summed E-state index contributed by atoms with van der Waals surface area (Å²) >= 11 is 0. The minimum absolute atomic E-state index is 0.150. The average molecular weight is 328 g/mol. The van der Waals surface area contributed by atoms with Gasteiger partial charge in [-0.2, -0.15) is 0 Å². The molecule has 0 amide bonds. The first-order valence-electron chi connectivity index (χ1n) is 7.98. The molecule has 3 heterocycles. The summed E-state index contributed by atoms with van der Waals surface area (Å²) in [6.45, 7) is 0. The van der Waals surface area contributed by atoms with Crippen molar-refractivity contribution in [2.24, 2.45) is 0 Å². The topological polar surface area (TPSA) is 70.9 Å². The molecule has 5 nitrogen and oxygen atoms in total. The van der Waals surface area contributed by atoms with E-state index in [0.717, 1.165) is 11.1 Å². The first-order valence-corrected chi connectivity index (χ1v) is 7.98. The van der Waals surface area contributed by atoms with Crippen molar-refractivity contribution in [2.45, 2.75) is 6.04 Å². The molecule has 1 atom stereocenters. The standard InChI is InChI=1S/C20H16N4O/c25-20-15(10-9-14-6-5-13-23-18(14)20)19(16-7-1-3-11-21-16)24-17-8-2-4-12-22-17/h1-13,19,25H,(H,22,24)/t19-/m0/s1. The van der Waals surface area contributed by atoms with E-state index in [1.54, 1.807) is 18.6 Å². The lowest BCUT2D eigenvalue weighted by Crippen LogP contribution is -2.15. The van der Waals surface area contributed by atoms with Crippen LogP contribution in [0.25, 0.3) is 10.9 Å². The molecule has 0 bridgehead atoms. The predicted molar refractivity (Wildman–Crippen MR) is 97.3 cm³/mol. The minimum atomic E-state index is -0.345. The molecule has 2 N–H and O–H groups in total. The third-order valence-electron chi connectivity index (χ3n) is 4.03. The molecule has 0 saturated heterocycles. The van der Waals surface area contributed by atoms with E-state index in [9.17, 15) is 5.11 Å². The molecule has 0 fully saturated rings. The fourth-order valence-corrected chi connectivity index (χ4v) is 2.83. The zero-order valence-corrected chi connectivity index (χ0v) is 13.4. The lowest BCUT2D eigenvalue weighted by Gasteiger charge is -2.21. The fraction of sp³-hybridized carbons (Fsp3) is 0.0500. The van der Waals surface area contributed by atoms with E-state index in [4.69, 9.17) is 0 Å². The maximum absolute atomic E-state index is 10.8. The molecule has 4 aromatic rings. The van der Waals surface area contributed by atoms with Gasteiger partial charge in [0.05, 0.1) is 11.7 Å². The van der Waals surface area contributed by atoms with Gasteiger partial charge in [-0.3, -0.25) is 9.97 Å². The summed E-state index contributed by atoms with van der Waals surface area (Å²) in [6.07, 6.45) is 5.13.